The van der Waals surface area contributed by atoms with Crippen LogP contribution in [-0.2, 0) is 41.4 Å². The summed E-state index contributed by atoms with van der Waals surface area (Å²) in [7, 11) is -4.67. The first-order chi connectivity index (χ1) is 32.9. The normalized spacial score (nSPS) is 16.2. The minimum absolute atomic E-state index is 0.155. The predicted octanol–water partition coefficient (Wildman–Crippen LogP) is 9.04. The zero-order chi connectivity index (χ0) is 47.4. The van der Waals surface area contributed by atoms with Gasteiger partial charge in [-0.3, -0.25) is 34.7 Å². The van der Waals surface area contributed by atoms with Crippen LogP contribution in [0.5, 0.6) is 0 Å². The molecule has 348 valence electrons. The Labute approximate surface area is 410 Å². The number of carbonyl (C=O) groups is 1. The van der Waals surface area contributed by atoms with Gasteiger partial charge in [-0.2, -0.15) is 8.42 Å². The summed E-state index contributed by atoms with van der Waals surface area (Å²) in [6.45, 7) is 3.17. The second kappa shape index (κ2) is 20.5. The molecule has 6 N–H and O–H groups in total. The highest BCUT2D eigenvalue weighted by Crippen LogP contribution is 2.39. The third-order valence-electron chi connectivity index (χ3n) is 11.5. The Balaban J connectivity index is 0.000000155. The summed E-state index contributed by atoms with van der Waals surface area (Å²) in [6.07, 6.45) is 11.5. The number of anilines is 3. The minimum atomic E-state index is -4.67. The Morgan fingerprint density at radius 1 is 0.721 bits per heavy atom. The molecule has 3 aromatic heterocycles. The van der Waals surface area contributed by atoms with Crippen molar-refractivity contribution < 1.29 is 22.3 Å². The molecule has 17 nitrogen and oxygen atoms in total. The van der Waals surface area contributed by atoms with E-state index >= 15 is 0 Å². The molecule has 4 aliphatic heterocycles. The van der Waals surface area contributed by atoms with Crippen LogP contribution >= 0.6 is 46.8 Å². The second-order valence-electron chi connectivity index (χ2n) is 16.0. The van der Waals surface area contributed by atoms with E-state index < -0.39 is 10.4 Å². The highest BCUT2D eigenvalue weighted by Gasteiger charge is 2.31. The molecule has 22 heteroatoms. The summed E-state index contributed by atoms with van der Waals surface area (Å²) in [5.74, 6) is 1.47. The van der Waals surface area contributed by atoms with Crippen LogP contribution in [0.2, 0.25) is 10.0 Å². The van der Waals surface area contributed by atoms with Gasteiger partial charge in [0.1, 0.15) is 16.7 Å². The van der Waals surface area contributed by atoms with Gasteiger partial charge in [-0.05, 0) is 61.2 Å². The van der Waals surface area contributed by atoms with Crippen molar-refractivity contribution in [3.05, 3.63) is 146 Å². The number of nitrogens with one attached hydrogen (secondary N) is 4. The van der Waals surface area contributed by atoms with E-state index in [4.69, 9.17) is 62.9 Å². The third kappa shape index (κ3) is 10.8. The number of fused-ring (bicyclic) bond motifs is 4. The SMILES string of the molecule is Clc1c(Nc2nnc(C3CCCn4cc(-c5ccccc5)nc43)s2)ccc2c1C=NC2.O=C(NNC(=S)Nc1ccc2c(c1Cl)C=NC2)C1CCCn2cc(-c3ccccc3)nc21.O=S(=O)(O)O. The average Bonchev–Trinajstić information content (AvgIpc) is 4.20. The smallest absolute Gasteiger partial charge is 0.334 e. The summed E-state index contributed by atoms with van der Waals surface area (Å²) in [4.78, 5) is 31.2. The molecule has 0 saturated carbocycles. The van der Waals surface area contributed by atoms with Crippen LogP contribution in [0.15, 0.2) is 107 Å². The van der Waals surface area contributed by atoms with Gasteiger partial charge in [0.05, 0.1) is 57.7 Å². The molecule has 0 radical (unpaired) electrons. The van der Waals surface area contributed by atoms with E-state index in [1.165, 1.54) is 0 Å². The molecule has 4 aromatic carbocycles. The van der Waals surface area contributed by atoms with Crippen LogP contribution in [0, 0.1) is 0 Å². The number of hydrogen-bond acceptors (Lipinski definition) is 12. The van der Waals surface area contributed by atoms with E-state index in [0.717, 1.165) is 111 Å². The first-order valence-corrected chi connectivity index (χ1v) is 24.8. The number of amides is 1. The van der Waals surface area contributed by atoms with Gasteiger partial charge in [-0.1, -0.05) is 107 Å². The van der Waals surface area contributed by atoms with E-state index in [2.05, 4.69) is 75.2 Å². The second-order valence-corrected chi connectivity index (χ2v) is 19.1. The summed E-state index contributed by atoms with van der Waals surface area (Å²) in [5.41, 5.74) is 15.2. The van der Waals surface area contributed by atoms with Gasteiger partial charge >= 0.3 is 10.4 Å². The van der Waals surface area contributed by atoms with E-state index in [0.29, 0.717) is 28.8 Å². The molecule has 1 amide bonds. The molecule has 0 saturated heterocycles. The van der Waals surface area contributed by atoms with Crippen molar-refractivity contribution in [3.63, 3.8) is 0 Å². The molecule has 0 fully saturated rings. The number of carbonyl (C=O) groups excluding carboxylic acids is 1. The number of aliphatic imine (C=N–C) groups is 2. The van der Waals surface area contributed by atoms with E-state index in [1.807, 2.05) is 79.1 Å². The van der Waals surface area contributed by atoms with Gasteiger partial charge in [-0.25, -0.2) is 9.97 Å². The van der Waals surface area contributed by atoms with Crippen LogP contribution in [0.4, 0.5) is 16.5 Å². The van der Waals surface area contributed by atoms with Crippen LogP contribution in [0.3, 0.4) is 0 Å². The Morgan fingerprint density at radius 3 is 1.88 bits per heavy atom. The molecule has 4 aliphatic rings. The maximum atomic E-state index is 12.9. The van der Waals surface area contributed by atoms with Crippen molar-refractivity contribution in [1.29, 1.82) is 0 Å². The first-order valence-electron chi connectivity index (χ1n) is 21.4. The van der Waals surface area contributed by atoms with E-state index in [9.17, 15) is 4.79 Å². The van der Waals surface area contributed by atoms with E-state index in [-0.39, 0.29) is 22.9 Å². The number of rotatable bonds is 7. The maximum absolute atomic E-state index is 12.9. The highest BCUT2D eigenvalue weighted by molar-refractivity contribution is 7.80. The quantitative estimate of drug-likeness (QED) is 0.0499. The molecule has 2 atom stereocenters. The van der Waals surface area contributed by atoms with Crippen molar-refractivity contribution in [3.8, 4) is 22.5 Å². The van der Waals surface area contributed by atoms with Gasteiger partial charge < -0.3 is 19.8 Å². The van der Waals surface area contributed by atoms with Crippen molar-refractivity contribution in [2.45, 2.75) is 63.7 Å². The Hall–Kier alpha value is -6.39. The van der Waals surface area contributed by atoms with Gasteiger partial charge in [0.15, 0.2) is 5.11 Å². The Kier molecular flexibility index (Phi) is 14.1. The summed E-state index contributed by atoms with van der Waals surface area (Å²) < 4.78 is 35.9. The monoisotopic (exact) mass is 1010 g/mol. The molecule has 0 bridgehead atoms. The number of nitrogens with zero attached hydrogens (tertiary/aromatic N) is 8. The van der Waals surface area contributed by atoms with Gasteiger partial charge in [-0.15, -0.1) is 10.2 Å². The highest BCUT2D eigenvalue weighted by atomic mass is 35.5. The molecule has 2 unspecified atom stereocenters. The number of thiocarbonyl (C=S) groups is 1. The number of benzene rings is 4. The number of aromatic nitrogens is 6. The number of aryl methyl sites for hydroxylation is 2. The van der Waals surface area contributed by atoms with Gasteiger partial charge in [0, 0.05) is 60.2 Å². The lowest BCUT2D eigenvalue weighted by atomic mass is 9.98. The molecular formula is C46H42Cl2N12O5S3. The Morgan fingerprint density at radius 2 is 1.26 bits per heavy atom. The Bertz CT molecular complexity index is 3170. The maximum Gasteiger partial charge on any atom is 0.394 e. The largest absolute Gasteiger partial charge is 0.394 e. The van der Waals surface area contributed by atoms with Crippen molar-refractivity contribution >= 4 is 97.1 Å². The zero-order valence-electron chi connectivity index (χ0n) is 35.9. The lowest BCUT2D eigenvalue weighted by Gasteiger charge is -2.23. The molecule has 68 heavy (non-hydrogen) atoms. The molecule has 0 aliphatic carbocycles. The number of imidazole rings is 2. The summed E-state index contributed by atoms with van der Waals surface area (Å²) >= 11 is 19.9. The molecule has 0 spiro atoms. The van der Waals surface area contributed by atoms with Crippen molar-refractivity contribution in [2.24, 2.45) is 9.98 Å². The minimum Gasteiger partial charge on any atom is -0.334 e. The van der Waals surface area contributed by atoms with Gasteiger partial charge in [0.2, 0.25) is 11.0 Å². The molecular weight excluding hydrogens is 968 g/mol. The lowest BCUT2D eigenvalue weighted by Crippen LogP contribution is -2.46. The lowest BCUT2D eigenvalue weighted by molar-refractivity contribution is -0.123. The third-order valence-corrected chi connectivity index (χ3v) is 13.5. The average molecular weight is 1010 g/mol. The standard InChI is InChI=1S/C23H21ClN6OS.C23H19ClN6S.H2O4S/c24-20-17-12-25-11-15(17)8-9-18(20)27-23(32)29-28-22(31)16-7-4-10-30-13-19(26-21(16)30)14-5-2-1-3-6-14;24-20-17-12-25-11-15(17)8-9-18(20)27-23-29-28-22(31-23)16-7-4-10-30-13-19(26-21(16)30)14-5-2-1-3-6-14;1-5(2,3)4/h1-3,5-6,8-9,12-13,16H,4,7,10-11H2,(H,28,31)(H2,27,29,32);1-3,5-6,8-9,12-13,16H,4,7,10-11H2,(H,27,29);(H2,1,2,3,4). The zero-order valence-corrected chi connectivity index (χ0v) is 39.8. The predicted molar refractivity (Wildman–Crippen MR) is 269 cm³/mol. The van der Waals surface area contributed by atoms with Crippen LogP contribution in [-0.4, -0.2) is 70.3 Å². The topological polar surface area (TPSA) is 226 Å². The number of halogens is 2. The summed E-state index contributed by atoms with van der Waals surface area (Å²) in [6, 6.07) is 28.1. The fourth-order valence-corrected chi connectivity index (χ4v) is 9.94. The van der Waals surface area contributed by atoms with Crippen LogP contribution in [0.1, 0.15) is 76.4 Å². The number of hydrogen-bond donors (Lipinski definition) is 6. The van der Waals surface area contributed by atoms with E-state index in [1.54, 1.807) is 17.6 Å². The van der Waals surface area contributed by atoms with Crippen molar-refractivity contribution in [2.75, 3.05) is 10.6 Å². The summed E-state index contributed by atoms with van der Waals surface area (Å²) in [5, 5.41) is 18.5. The van der Waals surface area contributed by atoms with Crippen molar-refractivity contribution in [1.82, 2.24) is 40.2 Å². The first kappa shape index (κ1) is 46.7. The molecule has 7 aromatic rings. The fraction of sp³-hybridized carbons (Fsp3) is 0.217. The van der Waals surface area contributed by atoms with Crippen LogP contribution in [0.25, 0.3) is 22.5 Å². The molecule has 11 rings (SSSR count). The number of hydrazine groups is 1. The van der Waals surface area contributed by atoms with Gasteiger partial charge in [0.25, 0.3) is 0 Å². The fourth-order valence-electron chi connectivity index (χ4n) is 8.33. The molecule has 7 heterocycles. The van der Waals surface area contributed by atoms with Crippen LogP contribution < -0.4 is 21.5 Å².